The van der Waals surface area contributed by atoms with Crippen molar-refractivity contribution in [1.82, 2.24) is 4.57 Å². The number of benzene rings is 1. The zero-order valence-electron chi connectivity index (χ0n) is 6.44. The summed E-state index contributed by atoms with van der Waals surface area (Å²) in [5.74, 6) is 0. The lowest BCUT2D eigenvalue weighted by Gasteiger charge is -1.99. The van der Waals surface area contributed by atoms with Gasteiger partial charge in [-0.25, -0.2) is 0 Å². The van der Waals surface area contributed by atoms with Crippen LogP contribution < -0.4 is 0 Å². The normalized spacial score (nSPS) is 10.9. The van der Waals surface area contributed by atoms with Gasteiger partial charge >= 0.3 is 0 Å². The fourth-order valence-electron chi connectivity index (χ4n) is 1.27. The molecule has 0 amide bonds. The highest BCUT2D eigenvalue weighted by Gasteiger charge is 2.04. The quantitative estimate of drug-likeness (QED) is 0.613. The minimum Gasteiger partial charge on any atom is -0.349 e. The molecule has 12 heavy (non-hydrogen) atoms. The van der Waals surface area contributed by atoms with Crippen LogP contribution in [-0.2, 0) is 7.05 Å². The molecule has 1 nitrogen and oxygen atoms in total. The molecule has 2 aromatic rings. The van der Waals surface area contributed by atoms with Gasteiger partial charge in [-0.2, -0.15) is 0 Å². The van der Waals surface area contributed by atoms with Gasteiger partial charge in [-0.05, 0) is 12.1 Å². The van der Waals surface area contributed by atoms with Crippen LogP contribution in [0.2, 0.25) is 10.0 Å². The van der Waals surface area contributed by atoms with E-state index < -0.39 is 0 Å². The van der Waals surface area contributed by atoms with Crippen LogP contribution in [0.1, 0.15) is 0 Å². The lowest BCUT2D eigenvalue weighted by Crippen LogP contribution is -1.84. The third-order valence-electron chi connectivity index (χ3n) is 1.79. The number of halogens is 2. The number of hydrogen-bond donors (Lipinski definition) is 0. The molecule has 0 saturated carbocycles. The van der Waals surface area contributed by atoms with Gasteiger partial charge in [-0.3, -0.25) is 0 Å². The minimum atomic E-state index is 0.648. The Kier molecular flexibility index (Phi) is 1.78. The van der Waals surface area contributed by atoms with E-state index >= 15 is 0 Å². The lowest BCUT2D eigenvalue weighted by atomic mass is 10.2. The fourth-order valence-corrected chi connectivity index (χ4v) is 1.89. The molecule has 0 saturated heterocycles. The molecule has 1 heterocycles. The second-order valence-corrected chi connectivity index (χ2v) is 3.51. The number of aryl methyl sites for hydroxylation is 1. The summed E-state index contributed by atoms with van der Waals surface area (Å²) in [7, 11) is 1.93. The summed E-state index contributed by atoms with van der Waals surface area (Å²) in [5.41, 5.74) is 0.973. The Labute approximate surface area is 80.5 Å². The highest BCUT2D eigenvalue weighted by molar-refractivity contribution is 6.38. The molecule has 0 fully saturated rings. The molecule has 1 aromatic carbocycles. The maximum absolute atomic E-state index is 5.98. The van der Waals surface area contributed by atoms with Crippen LogP contribution in [0, 0.1) is 6.07 Å². The zero-order chi connectivity index (χ0) is 8.72. The first-order valence-corrected chi connectivity index (χ1v) is 4.26. The Morgan fingerprint density at radius 1 is 1.33 bits per heavy atom. The van der Waals surface area contributed by atoms with Crippen molar-refractivity contribution in [3.63, 3.8) is 0 Å². The van der Waals surface area contributed by atoms with E-state index in [1.807, 2.05) is 23.9 Å². The van der Waals surface area contributed by atoms with Gasteiger partial charge in [0.25, 0.3) is 0 Å². The molecule has 0 spiro atoms. The Morgan fingerprint density at radius 3 is 2.83 bits per heavy atom. The summed E-state index contributed by atoms with van der Waals surface area (Å²) in [5, 5.41) is 2.27. The van der Waals surface area contributed by atoms with Crippen LogP contribution in [0.4, 0.5) is 0 Å². The van der Waals surface area contributed by atoms with E-state index in [-0.39, 0.29) is 0 Å². The van der Waals surface area contributed by atoms with Gasteiger partial charge in [0.05, 0.1) is 10.5 Å². The monoisotopic (exact) mass is 198 g/mol. The first kappa shape index (κ1) is 7.96. The topological polar surface area (TPSA) is 4.93 Å². The van der Waals surface area contributed by atoms with E-state index in [2.05, 4.69) is 6.07 Å². The molecule has 61 valence electrons. The SMILES string of the molecule is Cn1c[c]c2cc(Cl)cc(Cl)c21. The van der Waals surface area contributed by atoms with Crippen molar-refractivity contribution in [3.05, 3.63) is 34.4 Å². The second-order valence-electron chi connectivity index (χ2n) is 2.67. The third kappa shape index (κ3) is 1.10. The summed E-state index contributed by atoms with van der Waals surface area (Å²) < 4.78 is 1.92. The summed E-state index contributed by atoms with van der Waals surface area (Å²) in [6.07, 6.45) is 1.84. The van der Waals surface area contributed by atoms with E-state index in [4.69, 9.17) is 23.2 Å². The van der Waals surface area contributed by atoms with E-state index in [9.17, 15) is 0 Å². The fraction of sp³-hybridized carbons (Fsp3) is 0.111. The summed E-state index contributed by atoms with van der Waals surface area (Å²) in [4.78, 5) is 0. The van der Waals surface area contributed by atoms with Crippen molar-refractivity contribution in [2.24, 2.45) is 7.05 Å². The predicted molar refractivity (Wildman–Crippen MR) is 51.8 cm³/mol. The van der Waals surface area contributed by atoms with Crippen LogP contribution in [0.25, 0.3) is 10.9 Å². The Morgan fingerprint density at radius 2 is 2.08 bits per heavy atom. The van der Waals surface area contributed by atoms with Crippen molar-refractivity contribution in [2.45, 2.75) is 0 Å². The molecular weight excluding hydrogens is 193 g/mol. The largest absolute Gasteiger partial charge is 0.349 e. The number of fused-ring (bicyclic) bond motifs is 1. The minimum absolute atomic E-state index is 0.648. The molecule has 0 aliphatic carbocycles. The number of rotatable bonds is 0. The third-order valence-corrected chi connectivity index (χ3v) is 2.30. The summed E-state index contributed by atoms with van der Waals surface area (Å²) in [6, 6.07) is 6.65. The molecule has 0 N–H and O–H groups in total. The van der Waals surface area contributed by atoms with Gasteiger partial charge in [0, 0.05) is 29.7 Å². The smallest absolute Gasteiger partial charge is 0.0674 e. The van der Waals surface area contributed by atoms with Crippen LogP contribution >= 0.6 is 23.2 Å². The molecule has 3 heteroatoms. The molecule has 0 aliphatic heterocycles. The van der Waals surface area contributed by atoms with Crippen molar-refractivity contribution >= 4 is 34.1 Å². The van der Waals surface area contributed by atoms with Crippen LogP contribution in [0.15, 0.2) is 18.3 Å². The van der Waals surface area contributed by atoms with Gasteiger partial charge in [0.1, 0.15) is 0 Å². The molecule has 1 aromatic heterocycles. The summed E-state index contributed by atoms with van der Waals surface area (Å²) in [6.45, 7) is 0. The van der Waals surface area contributed by atoms with Gasteiger partial charge in [0.2, 0.25) is 0 Å². The van der Waals surface area contributed by atoms with Crippen molar-refractivity contribution < 1.29 is 0 Å². The molecule has 2 rings (SSSR count). The average Bonchev–Trinajstić information content (AvgIpc) is 2.31. The summed E-state index contributed by atoms with van der Waals surface area (Å²) >= 11 is 11.8. The van der Waals surface area contributed by atoms with Crippen LogP contribution in [0.3, 0.4) is 0 Å². The van der Waals surface area contributed by atoms with E-state index in [1.54, 1.807) is 6.07 Å². The number of hydrogen-bond acceptors (Lipinski definition) is 0. The maximum Gasteiger partial charge on any atom is 0.0674 e. The lowest BCUT2D eigenvalue weighted by molar-refractivity contribution is 0.968. The Bertz CT molecular complexity index is 431. The molecule has 0 aliphatic rings. The molecule has 0 unspecified atom stereocenters. The van der Waals surface area contributed by atoms with Gasteiger partial charge in [-0.15, -0.1) is 0 Å². The Hall–Kier alpha value is -0.660. The van der Waals surface area contributed by atoms with Gasteiger partial charge in [-0.1, -0.05) is 23.2 Å². The van der Waals surface area contributed by atoms with Crippen molar-refractivity contribution in [1.29, 1.82) is 0 Å². The molecule has 1 radical (unpaired) electrons. The first-order chi connectivity index (χ1) is 5.68. The van der Waals surface area contributed by atoms with Crippen molar-refractivity contribution in [2.75, 3.05) is 0 Å². The van der Waals surface area contributed by atoms with Crippen LogP contribution in [0.5, 0.6) is 0 Å². The number of aromatic nitrogens is 1. The van der Waals surface area contributed by atoms with Gasteiger partial charge < -0.3 is 4.57 Å². The average molecular weight is 199 g/mol. The Balaban J connectivity index is 2.93. The van der Waals surface area contributed by atoms with Crippen molar-refractivity contribution in [3.8, 4) is 0 Å². The van der Waals surface area contributed by atoms with Crippen LogP contribution in [-0.4, -0.2) is 4.57 Å². The zero-order valence-corrected chi connectivity index (χ0v) is 7.95. The molecular formula is C9H6Cl2N. The molecule has 0 atom stereocenters. The van der Waals surface area contributed by atoms with E-state index in [1.165, 1.54) is 0 Å². The predicted octanol–water partition coefficient (Wildman–Crippen LogP) is 3.29. The maximum atomic E-state index is 5.98. The highest BCUT2D eigenvalue weighted by atomic mass is 35.5. The molecule has 0 bridgehead atoms. The second kappa shape index (κ2) is 2.68. The standard InChI is InChI=1S/C9H6Cl2N/c1-12-3-2-6-4-7(10)5-8(11)9(6)12/h3-5H,1H3. The number of nitrogens with zero attached hydrogens (tertiary/aromatic N) is 1. The highest BCUT2D eigenvalue weighted by Crippen LogP contribution is 2.27. The first-order valence-electron chi connectivity index (χ1n) is 3.50. The van der Waals surface area contributed by atoms with Gasteiger partial charge in [0.15, 0.2) is 0 Å². The van der Waals surface area contributed by atoms with E-state index in [0.717, 1.165) is 10.9 Å². The van der Waals surface area contributed by atoms with E-state index in [0.29, 0.717) is 10.0 Å².